The fourth-order valence-corrected chi connectivity index (χ4v) is 2.68. The lowest BCUT2D eigenvalue weighted by atomic mass is 9.77. The zero-order valence-corrected chi connectivity index (χ0v) is 11.6. The number of methoxy groups -OCH3 is 1. The second kappa shape index (κ2) is 4.28. The highest BCUT2D eigenvalue weighted by Crippen LogP contribution is 2.43. The van der Waals surface area contributed by atoms with Crippen molar-refractivity contribution in [1.82, 2.24) is 4.90 Å². The van der Waals surface area contributed by atoms with E-state index in [-0.39, 0.29) is 17.5 Å². The van der Waals surface area contributed by atoms with Gasteiger partial charge in [0.25, 0.3) is 0 Å². The van der Waals surface area contributed by atoms with Gasteiger partial charge in [0.1, 0.15) is 11.9 Å². The molecular weight excluding hydrogens is 228 g/mol. The van der Waals surface area contributed by atoms with Crippen LogP contribution in [-0.2, 0) is 4.79 Å². The van der Waals surface area contributed by atoms with E-state index in [2.05, 4.69) is 4.90 Å². The average molecular weight is 248 g/mol. The quantitative estimate of drug-likeness (QED) is 0.767. The Morgan fingerprint density at radius 1 is 1.33 bits per heavy atom. The molecule has 1 atom stereocenters. The molecule has 4 heteroatoms. The summed E-state index contributed by atoms with van der Waals surface area (Å²) in [5.41, 5.74) is 0.546. The van der Waals surface area contributed by atoms with Crippen LogP contribution in [0.5, 0.6) is 5.75 Å². The Morgan fingerprint density at radius 3 is 2.56 bits per heavy atom. The van der Waals surface area contributed by atoms with E-state index >= 15 is 0 Å². The Labute approximate surface area is 108 Å². The van der Waals surface area contributed by atoms with E-state index < -0.39 is 0 Å². The molecule has 0 spiro atoms. The molecule has 18 heavy (non-hydrogen) atoms. The van der Waals surface area contributed by atoms with Crippen molar-refractivity contribution < 1.29 is 9.53 Å². The number of amides is 1. The highest BCUT2D eigenvalue weighted by Gasteiger charge is 2.55. The molecule has 0 aliphatic carbocycles. The molecule has 1 aliphatic heterocycles. The molecule has 0 saturated carbocycles. The number of anilines is 1. The van der Waals surface area contributed by atoms with E-state index in [4.69, 9.17) is 4.74 Å². The first kappa shape index (κ1) is 12.9. The van der Waals surface area contributed by atoms with Crippen LogP contribution in [0, 0.1) is 5.41 Å². The van der Waals surface area contributed by atoms with Crippen molar-refractivity contribution >= 4 is 11.6 Å². The number of ether oxygens (including phenoxy) is 1. The summed E-state index contributed by atoms with van der Waals surface area (Å²) in [6.45, 7) is 3.97. The minimum atomic E-state index is -0.341. The first-order valence-corrected chi connectivity index (χ1v) is 6.03. The molecule has 1 unspecified atom stereocenters. The van der Waals surface area contributed by atoms with Gasteiger partial charge in [0.2, 0.25) is 5.91 Å². The predicted molar refractivity (Wildman–Crippen MR) is 71.7 cm³/mol. The molecule has 0 N–H and O–H groups in total. The molecule has 2 rings (SSSR count). The summed E-state index contributed by atoms with van der Waals surface area (Å²) in [5, 5.41) is 0. The molecule has 98 valence electrons. The topological polar surface area (TPSA) is 32.8 Å². The fourth-order valence-electron chi connectivity index (χ4n) is 2.68. The van der Waals surface area contributed by atoms with Gasteiger partial charge in [-0.05, 0) is 40.1 Å². The molecule has 1 amide bonds. The Kier molecular flexibility index (Phi) is 3.07. The van der Waals surface area contributed by atoms with Gasteiger partial charge >= 0.3 is 0 Å². The summed E-state index contributed by atoms with van der Waals surface area (Å²) in [7, 11) is 5.61. The van der Waals surface area contributed by atoms with Crippen molar-refractivity contribution in [1.29, 1.82) is 0 Å². The molecule has 0 radical (unpaired) electrons. The van der Waals surface area contributed by atoms with Gasteiger partial charge in [-0.1, -0.05) is 6.07 Å². The fraction of sp³-hybridized carbons (Fsp3) is 0.500. The summed E-state index contributed by atoms with van der Waals surface area (Å²) in [6, 6.07) is 7.61. The molecular formula is C14H20N2O2. The van der Waals surface area contributed by atoms with E-state index in [0.717, 1.165) is 11.4 Å². The van der Waals surface area contributed by atoms with Crippen molar-refractivity contribution in [2.45, 2.75) is 20.0 Å². The summed E-state index contributed by atoms with van der Waals surface area (Å²) < 4.78 is 5.20. The van der Waals surface area contributed by atoms with Crippen molar-refractivity contribution in [3.05, 3.63) is 24.3 Å². The van der Waals surface area contributed by atoms with Crippen LogP contribution in [0.3, 0.4) is 0 Å². The van der Waals surface area contributed by atoms with Crippen LogP contribution in [0.4, 0.5) is 5.69 Å². The second-order valence-electron chi connectivity index (χ2n) is 5.44. The zero-order chi connectivity index (χ0) is 13.5. The lowest BCUT2D eigenvalue weighted by molar-refractivity contribution is -0.142. The summed E-state index contributed by atoms with van der Waals surface area (Å²) >= 11 is 0. The van der Waals surface area contributed by atoms with Gasteiger partial charge in [-0.2, -0.15) is 0 Å². The van der Waals surface area contributed by atoms with E-state index in [1.165, 1.54) is 0 Å². The van der Waals surface area contributed by atoms with Gasteiger partial charge in [0.05, 0.1) is 12.5 Å². The number of rotatable bonds is 3. The zero-order valence-electron chi connectivity index (χ0n) is 11.6. The third-order valence-electron chi connectivity index (χ3n) is 3.48. The monoisotopic (exact) mass is 248 g/mol. The van der Waals surface area contributed by atoms with Crippen LogP contribution in [-0.4, -0.2) is 38.2 Å². The largest absolute Gasteiger partial charge is 0.497 e. The number of nitrogens with zero attached hydrogens (tertiary/aromatic N) is 2. The van der Waals surface area contributed by atoms with Crippen LogP contribution in [0.15, 0.2) is 24.3 Å². The Bertz CT molecular complexity index is 469. The highest BCUT2D eigenvalue weighted by atomic mass is 16.5. The maximum Gasteiger partial charge on any atom is 0.237 e. The SMILES string of the molecule is COc1cccc(N2C(=O)C(C)(C)C2N(C)C)c1. The van der Waals surface area contributed by atoms with E-state index in [0.29, 0.717) is 0 Å². The van der Waals surface area contributed by atoms with Crippen molar-refractivity contribution in [3.8, 4) is 5.75 Å². The molecule has 1 aromatic carbocycles. The molecule has 0 aromatic heterocycles. The number of benzene rings is 1. The number of hydrogen-bond donors (Lipinski definition) is 0. The maximum atomic E-state index is 12.3. The van der Waals surface area contributed by atoms with Gasteiger partial charge in [0, 0.05) is 11.8 Å². The minimum absolute atomic E-state index is 0.0807. The predicted octanol–water partition coefficient (Wildman–Crippen LogP) is 1.96. The first-order valence-electron chi connectivity index (χ1n) is 6.03. The van der Waals surface area contributed by atoms with Crippen LogP contribution in [0.25, 0.3) is 0 Å². The summed E-state index contributed by atoms with van der Waals surface area (Å²) in [5.74, 6) is 0.914. The van der Waals surface area contributed by atoms with Gasteiger partial charge in [-0.25, -0.2) is 0 Å². The molecule has 1 heterocycles. The summed E-state index contributed by atoms with van der Waals surface area (Å²) in [6.07, 6.45) is 0.0807. The third kappa shape index (κ3) is 1.77. The highest BCUT2D eigenvalue weighted by molar-refractivity contribution is 6.05. The third-order valence-corrected chi connectivity index (χ3v) is 3.48. The van der Waals surface area contributed by atoms with E-state index in [1.54, 1.807) is 7.11 Å². The van der Waals surface area contributed by atoms with Crippen molar-refractivity contribution in [3.63, 3.8) is 0 Å². The lowest BCUT2D eigenvalue weighted by Gasteiger charge is -2.55. The van der Waals surface area contributed by atoms with Crippen molar-refractivity contribution in [2.24, 2.45) is 5.41 Å². The van der Waals surface area contributed by atoms with E-state index in [9.17, 15) is 4.79 Å². The standard InChI is InChI=1S/C14H20N2O2/c1-14(2)12(15(3)4)16(13(14)17)10-7-6-8-11(9-10)18-5/h6-9,12H,1-5H3. The second-order valence-corrected chi connectivity index (χ2v) is 5.44. The molecule has 4 nitrogen and oxygen atoms in total. The van der Waals surface area contributed by atoms with Crippen LogP contribution in [0.2, 0.25) is 0 Å². The van der Waals surface area contributed by atoms with E-state index in [1.807, 2.05) is 57.1 Å². The van der Waals surface area contributed by atoms with Gasteiger partial charge in [-0.3, -0.25) is 14.6 Å². The molecule has 0 bridgehead atoms. The van der Waals surface area contributed by atoms with Gasteiger partial charge in [-0.15, -0.1) is 0 Å². The Balaban J connectivity index is 2.35. The Morgan fingerprint density at radius 2 is 2.00 bits per heavy atom. The van der Waals surface area contributed by atoms with Crippen LogP contribution >= 0.6 is 0 Å². The molecule has 1 aromatic rings. The molecule has 1 saturated heterocycles. The summed E-state index contributed by atoms with van der Waals surface area (Å²) in [4.78, 5) is 16.1. The average Bonchev–Trinajstić information content (AvgIpc) is 2.34. The van der Waals surface area contributed by atoms with Gasteiger partial charge < -0.3 is 4.74 Å². The Hall–Kier alpha value is -1.55. The first-order chi connectivity index (χ1) is 8.39. The maximum absolute atomic E-state index is 12.3. The number of carbonyl (C=O) groups excluding carboxylic acids is 1. The minimum Gasteiger partial charge on any atom is -0.497 e. The van der Waals surface area contributed by atoms with Crippen LogP contribution < -0.4 is 9.64 Å². The van der Waals surface area contributed by atoms with Crippen LogP contribution in [0.1, 0.15) is 13.8 Å². The number of carbonyl (C=O) groups is 1. The van der Waals surface area contributed by atoms with Crippen molar-refractivity contribution in [2.75, 3.05) is 26.1 Å². The number of hydrogen-bond acceptors (Lipinski definition) is 3. The lowest BCUT2D eigenvalue weighted by Crippen LogP contribution is -2.71. The number of β-lactam (4-membered cyclic amide) rings is 1. The normalized spacial score (nSPS) is 22.0. The smallest absolute Gasteiger partial charge is 0.237 e. The molecule has 1 fully saturated rings. The molecule has 1 aliphatic rings. The van der Waals surface area contributed by atoms with Gasteiger partial charge in [0.15, 0.2) is 0 Å².